The second kappa shape index (κ2) is 4.46. The highest BCUT2D eigenvalue weighted by Crippen LogP contribution is 2.12. The van der Waals surface area contributed by atoms with Crippen LogP contribution >= 0.6 is 0 Å². The van der Waals surface area contributed by atoms with Gasteiger partial charge in [-0.25, -0.2) is 4.98 Å². The molecule has 4 nitrogen and oxygen atoms in total. The van der Waals surface area contributed by atoms with Crippen LogP contribution < -0.4 is 10.2 Å². The maximum atomic E-state index is 4.41. The molecule has 1 saturated heterocycles. The normalized spacial score (nSPS) is 18.2. The standard InChI is InChI=1S/C10H18N4/c1-2-13-9-6-12-10(13)14-7-3-4-11-5-8-14/h6,9,11H,2-5,7-8H2,1H3. The van der Waals surface area contributed by atoms with Gasteiger partial charge in [-0.2, -0.15) is 0 Å². The lowest BCUT2D eigenvalue weighted by molar-refractivity contribution is 0.699. The van der Waals surface area contributed by atoms with Gasteiger partial charge in [-0.3, -0.25) is 0 Å². The van der Waals surface area contributed by atoms with Crippen LogP contribution in [0.4, 0.5) is 5.95 Å². The lowest BCUT2D eigenvalue weighted by Crippen LogP contribution is -2.30. The molecule has 0 bridgehead atoms. The maximum absolute atomic E-state index is 4.41. The van der Waals surface area contributed by atoms with Gasteiger partial charge in [-0.15, -0.1) is 0 Å². The number of nitrogens with zero attached hydrogens (tertiary/aromatic N) is 3. The van der Waals surface area contributed by atoms with Gasteiger partial charge >= 0.3 is 0 Å². The molecular formula is C10H18N4. The van der Waals surface area contributed by atoms with Crippen LogP contribution in [-0.2, 0) is 6.54 Å². The third-order valence-corrected chi connectivity index (χ3v) is 2.66. The van der Waals surface area contributed by atoms with Crippen LogP contribution in [0.5, 0.6) is 0 Å². The maximum Gasteiger partial charge on any atom is 0.205 e. The van der Waals surface area contributed by atoms with E-state index in [1.54, 1.807) is 0 Å². The molecule has 4 heteroatoms. The van der Waals surface area contributed by atoms with Gasteiger partial charge < -0.3 is 14.8 Å². The number of rotatable bonds is 2. The lowest BCUT2D eigenvalue weighted by atomic mass is 10.4. The van der Waals surface area contributed by atoms with Gasteiger partial charge in [-0.1, -0.05) is 0 Å². The molecule has 0 amide bonds. The van der Waals surface area contributed by atoms with Crippen LogP contribution in [0.2, 0.25) is 0 Å². The van der Waals surface area contributed by atoms with E-state index in [4.69, 9.17) is 0 Å². The van der Waals surface area contributed by atoms with Gasteiger partial charge in [-0.05, 0) is 19.9 Å². The molecule has 1 aromatic rings. The first-order chi connectivity index (χ1) is 6.92. The van der Waals surface area contributed by atoms with Crippen molar-refractivity contribution in [2.45, 2.75) is 19.9 Å². The average molecular weight is 194 g/mol. The minimum Gasteiger partial charge on any atom is -0.341 e. The van der Waals surface area contributed by atoms with Gasteiger partial charge in [0.05, 0.1) is 0 Å². The first-order valence-corrected chi connectivity index (χ1v) is 5.38. The molecule has 0 aliphatic carbocycles. The van der Waals surface area contributed by atoms with E-state index in [2.05, 4.69) is 26.7 Å². The molecule has 1 aromatic heterocycles. The summed E-state index contributed by atoms with van der Waals surface area (Å²) >= 11 is 0. The molecule has 1 N–H and O–H groups in total. The van der Waals surface area contributed by atoms with Gasteiger partial charge in [0.25, 0.3) is 0 Å². The van der Waals surface area contributed by atoms with Crippen molar-refractivity contribution < 1.29 is 0 Å². The highest BCUT2D eigenvalue weighted by molar-refractivity contribution is 5.31. The van der Waals surface area contributed by atoms with Crippen molar-refractivity contribution >= 4 is 5.95 Å². The highest BCUT2D eigenvalue weighted by atomic mass is 15.3. The minimum absolute atomic E-state index is 0.999. The van der Waals surface area contributed by atoms with Crippen LogP contribution in [0.25, 0.3) is 0 Å². The number of anilines is 1. The van der Waals surface area contributed by atoms with Crippen molar-refractivity contribution in [2.75, 3.05) is 31.1 Å². The Bertz CT molecular complexity index is 273. The zero-order valence-corrected chi connectivity index (χ0v) is 8.74. The molecule has 0 radical (unpaired) electrons. The van der Waals surface area contributed by atoms with Gasteiger partial charge in [0, 0.05) is 38.6 Å². The van der Waals surface area contributed by atoms with E-state index in [0.29, 0.717) is 0 Å². The van der Waals surface area contributed by atoms with E-state index >= 15 is 0 Å². The minimum atomic E-state index is 0.999. The zero-order valence-electron chi connectivity index (χ0n) is 8.74. The molecule has 0 atom stereocenters. The lowest BCUT2D eigenvalue weighted by Gasteiger charge is -2.21. The second-order valence-corrected chi connectivity index (χ2v) is 3.60. The van der Waals surface area contributed by atoms with E-state index in [-0.39, 0.29) is 0 Å². The molecule has 0 saturated carbocycles. The fourth-order valence-corrected chi connectivity index (χ4v) is 1.88. The number of hydrogen-bond donors (Lipinski definition) is 1. The fourth-order valence-electron chi connectivity index (χ4n) is 1.88. The molecule has 78 valence electrons. The van der Waals surface area contributed by atoms with Crippen LogP contribution in [-0.4, -0.2) is 35.7 Å². The summed E-state index contributed by atoms with van der Waals surface area (Å²) in [4.78, 5) is 6.78. The number of nitrogens with one attached hydrogen (secondary N) is 1. The smallest absolute Gasteiger partial charge is 0.205 e. The van der Waals surface area contributed by atoms with E-state index in [9.17, 15) is 0 Å². The van der Waals surface area contributed by atoms with Gasteiger partial charge in [0.15, 0.2) is 0 Å². The van der Waals surface area contributed by atoms with Crippen molar-refractivity contribution in [3.8, 4) is 0 Å². The predicted octanol–water partition coefficient (Wildman–Crippen LogP) is 0.703. The Kier molecular flexibility index (Phi) is 3.03. The molecule has 1 aliphatic rings. The van der Waals surface area contributed by atoms with Gasteiger partial charge in [0.2, 0.25) is 5.95 Å². The van der Waals surface area contributed by atoms with Crippen molar-refractivity contribution in [3.05, 3.63) is 12.4 Å². The number of imidazole rings is 1. The third-order valence-electron chi connectivity index (χ3n) is 2.66. The summed E-state index contributed by atoms with van der Waals surface area (Å²) in [6.07, 6.45) is 5.14. The Hall–Kier alpha value is -1.03. The quantitative estimate of drug-likeness (QED) is 0.752. The summed E-state index contributed by atoms with van der Waals surface area (Å²) in [6.45, 7) is 7.53. The first-order valence-electron chi connectivity index (χ1n) is 5.38. The molecule has 2 heterocycles. The molecule has 14 heavy (non-hydrogen) atoms. The van der Waals surface area contributed by atoms with Crippen LogP contribution in [0.1, 0.15) is 13.3 Å². The average Bonchev–Trinajstić information content (AvgIpc) is 2.52. The molecule has 0 unspecified atom stereocenters. The van der Waals surface area contributed by atoms with Crippen LogP contribution in [0.15, 0.2) is 12.4 Å². The zero-order chi connectivity index (χ0) is 9.80. The van der Waals surface area contributed by atoms with E-state index in [0.717, 1.165) is 38.7 Å². The number of aromatic nitrogens is 2. The van der Waals surface area contributed by atoms with Crippen molar-refractivity contribution in [2.24, 2.45) is 0 Å². The largest absolute Gasteiger partial charge is 0.341 e. The fraction of sp³-hybridized carbons (Fsp3) is 0.700. The number of hydrogen-bond acceptors (Lipinski definition) is 3. The van der Waals surface area contributed by atoms with E-state index < -0.39 is 0 Å². The van der Waals surface area contributed by atoms with Crippen LogP contribution in [0, 0.1) is 0 Å². The Morgan fingerprint density at radius 3 is 3.21 bits per heavy atom. The second-order valence-electron chi connectivity index (χ2n) is 3.60. The Morgan fingerprint density at radius 2 is 2.36 bits per heavy atom. The summed E-state index contributed by atoms with van der Waals surface area (Å²) in [7, 11) is 0. The topological polar surface area (TPSA) is 33.1 Å². The summed E-state index contributed by atoms with van der Waals surface area (Å²) < 4.78 is 2.20. The molecule has 0 spiro atoms. The van der Waals surface area contributed by atoms with Gasteiger partial charge in [0.1, 0.15) is 0 Å². The number of aryl methyl sites for hydroxylation is 1. The van der Waals surface area contributed by atoms with Crippen molar-refractivity contribution in [3.63, 3.8) is 0 Å². The summed E-state index contributed by atoms with van der Waals surface area (Å²) in [5, 5.41) is 3.40. The molecule has 1 fully saturated rings. The van der Waals surface area contributed by atoms with E-state index in [1.807, 2.05) is 12.4 Å². The SMILES string of the molecule is CCn1ccnc1N1CCCNCC1. The molecule has 0 aromatic carbocycles. The predicted molar refractivity (Wildman–Crippen MR) is 57.6 cm³/mol. The highest BCUT2D eigenvalue weighted by Gasteiger charge is 2.13. The Morgan fingerprint density at radius 1 is 1.43 bits per heavy atom. The summed E-state index contributed by atoms with van der Waals surface area (Å²) in [5.74, 6) is 1.12. The molecule has 2 rings (SSSR count). The third kappa shape index (κ3) is 1.90. The van der Waals surface area contributed by atoms with E-state index in [1.165, 1.54) is 6.42 Å². The Labute approximate surface area is 84.9 Å². The summed E-state index contributed by atoms with van der Waals surface area (Å²) in [6, 6.07) is 0. The Balaban J connectivity index is 2.11. The summed E-state index contributed by atoms with van der Waals surface area (Å²) in [5.41, 5.74) is 0. The first kappa shape index (κ1) is 9.52. The van der Waals surface area contributed by atoms with Crippen molar-refractivity contribution in [1.29, 1.82) is 0 Å². The van der Waals surface area contributed by atoms with Crippen LogP contribution in [0.3, 0.4) is 0 Å². The molecular weight excluding hydrogens is 176 g/mol. The molecule has 1 aliphatic heterocycles. The monoisotopic (exact) mass is 194 g/mol. The van der Waals surface area contributed by atoms with Crippen molar-refractivity contribution in [1.82, 2.24) is 14.9 Å².